The van der Waals surface area contributed by atoms with E-state index >= 15 is 0 Å². The third-order valence-electron chi connectivity index (χ3n) is 3.59. The van der Waals surface area contributed by atoms with Crippen LogP contribution in [0.2, 0.25) is 0 Å². The molecule has 2 rings (SSSR count). The fraction of sp³-hybridized carbons (Fsp3) is 0.733. The van der Waals surface area contributed by atoms with Gasteiger partial charge in [0.25, 0.3) is 0 Å². The van der Waals surface area contributed by atoms with Crippen molar-refractivity contribution in [3.63, 3.8) is 0 Å². The number of aliphatic imine (C=N–C) groups is 1. The molecule has 2 N–H and O–H groups in total. The molecule has 7 heteroatoms. The molecule has 0 radical (unpaired) electrons. The molecule has 0 spiro atoms. The molecular weight excluding hydrogens is 411 g/mol. The first kappa shape index (κ1) is 19.6. The smallest absolute Gasteiger partial charge is 0.190 e. The second kappa shape index (κ2) is 11.2. The predicted octanol–water partition coefficient (Wildman–Crippen LogP) is 2.60. The SMILES string of the molecule is CCc1cnc(CCNC(=NC)NCCC2CCCO2)s1.I. The van der Waals surface area contributed by atoms with Gasteiger partial charge in [-0.1, -0.05) is 6.92 Å². The van der Waals surface area contributed by atoms with E-state index in [1.807, 2.05) is 6.20 Å². The summed E-state index contributed by atoms with van der Waals surface area (Å²) in [4.78, 5) is 10.0. The van der Waals surface area contributed by atoms with Crippen LogP contribution >= 0.6 is 35.3 Å². The van der Waals surface area contributed by atoms with Crippen LogP contribution in [-0.4, -0.2) is 43.8 Å². The van der Waals surface area contributed by atoms with Gasteiger partial charge in [0.2, 0.25) is 0 Å². The number of guanidine groups is 1. The van der Waals surface area contributed by atoms with Crippen LogP contribution in [0.25, 0.3) is 0 Å². The Morgan fingerprint density at radius 3 is 2.91 bits per heavy atom. The predicted molar refractivity (Wildman–Crippen MR) is 104 cm³/mol. The molecular formula is C15H27IN4OS. The first-order valence-electron chi connectivity index (χ1n) is 7.81. The summed E-state index contributed by atoms with van der Waals surface area (Å²) in [6, 6.07) is 0. The Kier molecular flexibility index (Phi) is 9.98. The van der Waals surface area contributed by atoms with E-state index in [9.17, 15) is 0 Å². The molecule has 2 heterocycles. The number of hydrogen-bond donors (Lipinski definition) is 2. The zero-order chi connectivity index (χ0) is 14.9. The summed E-state index contributed by atoms with van der Waals surface area (Å²) in [6.07, 6.45) is 7.86. The molecule has 1 aromatic heterocycles. The Labute approximate surface area is 154 Å². The van der Waals surface area contributed by atoms with Crippen LogP contribution in [0.5, 0.6) is 0 Å². The number of halogens is 1. The second-order valence-electron chi connectivity index (χ2n) is 5.17. The molecule has 5 nitrogen and oxygen atoms in total. The van der Waals surface area contributed by atoms with Gasteiger partial charge in [0.1, 0.15) is 0 Å². The molecule has 126 valence electrons. The maximum absolute atomic E-state index is 5.61. The molecule has 0 aliphatic carbocycles. The number of hydrogen-bond acceptors (Lipinski definition) is 4. The normalized spacial score (nSPS) is 18.1. The minimum Gasteiger partial charge on any atom is -0.378 e. The van der Waals surface area contributed by atoms with E-state index in [2.05, 4.69) is 27.5 Å². The van der Waals surface area contributed by atoms with Gasteiger partial charge in [-0.3, -0.25) is 4.99 Å². The molecule has 1 saturated heterocycles. The fourth-order valence-corrected chi connectivity index (χ4v) is 3.22. The van der Waals surface area contributed by atoms with Crippen molar-refractivity contribution in [1.29, 1.82) is 0 Å². The topological polar surface area (TPSA) is 58.5 Å². The number of aromatic nitrogens is 1. The Hall–Kier alpha value is -0.410. The summed E-state index contributed by atoms with van der Waals surface area (Å²) in [5.74, 6) is 0.861. The average molecular weight is 438 g/mol. The van der Waals surface area contributed by atoms with E-state index in [1.165, 1.54) is 22.7 Å². The number of nitrogens with zero attached hydrogens (tertiary/aromatic N) is 2. The lowest BCUT2D eigenvalue weighted by Gasteiger charge is -2.13. The van der Waals surface area contributed by atoms with E-state index in [4.69, 9.17) is 4.74 Å². The van der Waals surface area contributed by atoms with Crippen LogP contribution in [0, 0.1) is 0 Å². The Morgan fingerprint density at radius 1 is 1.45 bits per heavy atom. The summed E-state index contributed by atoms with van der Waals surface area (Å²) in [5.41, 5.74) is 0. The summed E-state index contributed by atoms with van der Waals surface area (Å²) in [6.45, 7) is 4.85. The van der Waals surface area contributed by atoms with E-state index in [1.54, 1.807) is 18.4 Å². The lowest BCUT2D eigenvalue weighted by molar-refractivity contribution is 0.105. The van der Waals surface area contributed by atoms with E-state index < -0.39 is 0 Å². The maximum atomic E-state index is 5.61. The van der Waals surface area contributed by atoms with Crippen molar-refractivity contribution in [1.82, 2.24) is 15.6 Å². The van der Waals surface area contributed by atoms with Gasteiger partial charge in [0.05, 0.1) is 11.1 Å². The second-order valence-corrected chi connectivity index (χ2v) is 6.37. The molecule has 0 saturated carbocycles. The lowest BCUT2D eigenvalue weighted by Crippen LogP contribution is -2.39. The number of aryl methyl sites for hydroxylation is 1. The highest BCUT2D eigenvalue weighted by Crippen LogP contribution is 2.14. The molecule has 0 bridgehead atoms. The zero-order valence-corrected chi connectivity index (χ0v) is 16.6. The maximum Gasteiger partial charge on any atom is 0.190 e. The fourth-order valence-electron chi connectivity index (χ4n) is 2.36. The Bertz CT molecular complexity index is 447. The highest BCUT2D eigenvalue weighted by Gasteiger charge is 2.14. The van der Waals surface area contributed by atoms with Gasteiger partial charge in [0, 0.05) is 44.2 Å². The molecule has 0 aromatic carbocycles. The third-order valence-corrected chi connectivity index (χ3v) is 4.79. The molecule has 1 aliphatic heterocycles. The molecule has 1 fully saturated rings. The summed E-state index contributed by atoms with van der Waals surface area (Å²) in [7, 11) is 1.81. The van der Waals surface area contributed by atoms with Crippen molar-refractivity contribution in [3.8, 4) is 0 Å². The summed E-state index contributed by atoms with van der Waals surface area (Å²) >= 11 is 1.80. The Balaban J connectivity index is 0.00000242. The average Bonchev–Trinajstić information content (AvgIpc) is 3.17. The minimum atomic E-state index is 0. The van der Waals surface area contributed by atoms with E-state index in [0.29, 0.717) is 6.10 Å². The number of thiazole rings is 1. The van der Waals surface area contributed by atoms with Crippen LogP contribution in [0.1, 0.15) is 36.1 Å². The highest BCUT2D eigenvalue weighted by molar-refractivity contribution is 14.0. The third kappa shape index (κ3) is 6.78. The molecule has 22 heavy (non-hydrogen) atoms. The number of rotatable bonds is 7. The minimum absolute atomic E-state index is 0. The van der Waals surface area contributed by atoms with Crippen molar-refractivity contribution in [2.24, 2.45) is 4.99 Å². The lowest BCUT2D eigenvalue weighted by atomic mass is 10.2. The van der Waals surface area contributed by atoms with Crippen molar-refractivity contribution >= 4 is 41.3 Å². The first-order valence-corrected chi connectivity index (χ1v) is 8.63. The largest absolute Gasteiger partial charge is 0.378 e. The van der Waals surface area contributed by atoms with Crippen LogP contribution in [0.4, 0.5) is 0 Å². The van der Waals surface area contributed by atoms with Gasteiger partial charge in [-0.05, 0) is 25.7 Å². The van der Waals surface area contributed by atoms with E-state index in [0.717, 1.165) is 44.9 Å². The molecule has 1 aliphatic rings. The molecule has 1 atom stereocenters. The standard InChI is InChI=1S/C15H26N4OS.HI/c1-3-13-11-19-14(21-13)7-9-18-15(16-2)17-8-6-12-5-4-10-20-12;/h11-12H,3-10H2,1-2H3,(H2,16,17,18);1H. The summed E-state index contributed by atoms with van der Waals surface area (Å²) in [5, 5.41) is 7.87. The molecule has 1 unspecified atom stereocenters. The highest BCUT2D eigenvalue weighted by atomic mass is 127. The van der Waals surface area contributed by atoms with Crippen molar-refractivity contribution in [2.45, 2.75) is 45.1 Å². The van der Waals surface area contributed by atoms with Crippen molar-refractivity contribution in [2.75, 3.05) is 26.7 Å². The van der Waals surface area contributed by atoms with Crippen LogP contribution in [0.3, 0.4) is 0 Å². The van der Waals surface area contributed by atoms with Gasteiger partial charge in [0.15, 0.2) is 5.96 Å². The van der Waals surface area contributed by atoms with Crippen molar-refractivity contribution in [3.05, 3.63) is 16.1 Å². The number of ether oxygens (including phenoxy) is 1. The van der Waals surface area contributed by atoms with Gasteiger partial charge in [-0.25, -0.2) is 4.98 Å². The zero-order valence-electron chi connectivity index (χ0n) is 13.4. The molecule has 0 amide bonds. The van der Waals surface area contributed by atoms with Gasteiger partial charge in [-0.2, -0.15) is 0 Å². The number of nitrogens with one attached hydrogen (secondary N) is 2. The first-order chi connectivity index (χ1) is 10.3. The molecule has 1 aromatic rings. The quantitative estimate of drug-likeness (QED) is 0.391. The van der Waals surface area contributed by atoms with Crippen LogP contribution in [-0.2, 0) is 17.6 Å². The van der Waals surface area contributed by atoms with Crippen LogP contribution in [0.15, 0.2) is 11.2 Å². The van der Waals surface area contributed by atoms with Gasteiger partial charge >= 0.3 is 0 Å². The van der Waals surface area contributed by atoms with Crippen molar-refractivity contribution < 1.29 is 4.74 Å². The van der Waals surface area contributed by atoms with Gasteiger partial charge in [-0.15, -0.1) is 35.3 Å². The Morgan fingerprint density at radius 2 is 2.27 bits per heavy atom. The van der Waals surface area contributed by atoms with E-state index in [-0.39, 0.29) is 24.0 Å². The monoisotopic (exact) mass is 438 g/mol. The van der Waals surface area contributed by atoms with Crippen LogP contribution < -0.4 is 10.6 Å². The summed E-state index contributed by atoms with van der Waals surface area (Å²) < 4.78 is 5.61. The van der Waals surface area contributed by atoms with Gasteiger partial charge < -0.3 is 15.4 Å².